The molecule has 0 aliphatic rings. The van der Waals surface area contributed by atoms with Crippen molar-refractivity contribution in [1.82, 2.24) is 0 Å². The van der Waals surface area contributed by atoms with Gasteiger partial charge in [0.2, 0.25) is 5.91 Å². The SMILES string of the molecule is CC(=CCCCCOC(=O)C(O)CO)C(N)=O. The molecule has 0 rings (SSSR count). The van der Waals surface area contributed by atoms with E-state index in [1.165, 1.54) is 0 Å². The van der Waals surface area contributed by atoms with E-state index in [1.54, 1.807) is 13.0 Å². The van der Waals surface area contributed by atoms with Crippen molar-refractivity contribution >= 4 is 11.9 Å². The molecule has 0 aromatic heterocycles. The molecule has 6 nitrogen and oxygen atoms in total. The van der Waals surface area contributed by atoms with Gasteiger partial charge in [-0.2, -0.15) is 0 Å². The van der Waals surface area contributed by atoms with E-state index < -0.39 is 24.6 Å². The van der Waals surface area contributed by atoms with Gasteiger partial charge >= 0.3 is 5.97 Å². The number of primary amides is 1. The summed E-state index contributed by atoms with van der Waals surface area (Å²) in [6.07, 6.45) is 2.30. The predicted molar refractivity (Wildman–Crippen MR) is 60.9 cm³/mol. The van der Waals surface area contributed by atoms with Gasteiger partial charge in [0.15, 0.2) is 6.10 Å². The zero-order valence-corrected chi connectivity index (χ0v) is 9.89. The van der Waals surface area contributed by atoms with Gasteiger partial charge in [-0.05, 0) is 26.2 Å². The molecule has 1 amide bonds. The quantitative estimate of drug-likeness (QED) is 0.303. The summed E-state index contributed by atoms with van der Waals surface area (Å²) in [4.78, 5) is 21.5. The summed E-state index contributed by atoms with van der Waals surface area (Å²) in [6.45, 7) is 1.18. The van der Waals surface area contributed by atoms with Crippen molar-refractivity contribution in [2.45, 2.75) is 32.3 Å². The fraction of sp³-hybridized carbons (Fsp3) is 0.636. The molecule has 0 aliphatic carbocycles. The number of carbonyl (C=O) groups is 2. The molecule has 0 saturated carbocycles. The van der Waals surface area contributed by atoms with Crippen molar-refractivity contribution in [3.05, 3.63) is 11.6 Å². The smallest absolute Gasteiger partial charge is 0.337 e. The van der Waals surface area contributed by atoms with E-state index in [-0.39, 0.29) is 6.61 Å². The monoisotopic (exact) mass is 245 g/mol. The van der Waals surface area contributed by atoms with E-state index in [0.717, 1.165) is 6.42 Å². The Morgan fingerprint density at radius 3 is 2.59 bits per heavy atom. The molecule has 0 fully saturated rings. The highest BCUT2D eigenvalue weighted by Gasteiger charge is 2.14. The Balaban J connectivity index is 3.57. The largest absolute Gasteiger partial charge is 0.464 e. The van der Waals surface area contributed by atoms with E-state index in [0.29, 0.717) is 18.4 Å². The van der Waals surface area contributed by atoms with E-state index in [2.05, 4.69) is 4.74 Å². The third kappa shape index (κ3) is 7.48. The number of rotatable bonds is 8. The highest BCUT2D eigenvalue weighted by Crippen LogP contribution is 2.01. The van der Waals surface area contributed by atoms with Crippen LogP contribution in [0, 0.1) is 0 Å². The highest BCUT2D eigenvalue weighted by atomic mass is 16.5. The Morgan fingerprint density at radius 2 is 2.06 bits per heavy atom. The van der Waals surface area contributed by atoms with Crippen LogP contribution in [0.25, 0.3) is 0 Å². The summed E-state index contributed by atoms with van der Waals surface area (Å²) in [5.41, 5.74) is 5.55. The minimum atomic E-state index is -1.47. The Hall–Kier alpha value is -1.40. The van der Waals surface area contributed by atoms with Gasteiger partial charge in [-0.1, -0.05) is 6.08 Å². The van der Waals surface area contributed by atoms with Crippen molar-refractivity contribution in [2.24, 2.45) is 5.73 Å². The number of unbranched alkanes of at least 4 members (excludes halogenated alkanes) is 2. The molecule has 4 N–H and O–H groups in total. The maximum absolute atomic E-state index is 10.9. The Labute approximate surface area is 100 Å². The molecule has 17 heavy (non-hydrogen) atoms. The van der Waals surface area contributed by atoms with Gasteiger partial charge < -0.3 is 20.7 Å². The lowest BCUT2D eigenvalue weighted by Crippen LogP contribution is -2.26. The first-order valence-corrected chi connectivity index (χ1v) is 5.41. The second-order valence-electron chi connectivity index (χ2n) is 3.61. The average molecular weight is 245 g/mol. The molecule has 0 aliphatic heterocycles. The van der Waals surface area contributed by atoms with Crippen LogP contribution in [0.2, 0.25) is 0 Å². The second kappa shape index (κ2) is 8.72. The van der Waals surface area contributed by atoms with Crippen LogP contribution < -0.4 is 5.73 Å². The third-order valence-corrected chi connectivity index (χ3v) is 2.13. The first-order valence-electron chi connectivity index (χ1n) is 5.41. The number of amides is 1. The zero-order chi connectivity index (χ0) is 13.3. The number of hydrogen-bond donors (Lipinski definition) is 3. The molecule has 0 spiro atoms. The summed E-state index contributed by atoms with van der Waals surface area (Å²) in [7, 11) is 0. The van der Waals surface area contributed by atoms with Gasteiger partial charge in [-0.15, -0.1) is 0 Å². The maximum Gasteiger partial charge on any atom is 0.337 e. The number of nitrogens with two attached hydrogens (primary N) is 1. The lowest BCUT2D eigenvalue weighted by Gasteiger charge is -2.07. The molecule has 1 atom stereocenters. The minimum absolute atomic E-state index is 0.180. The Bertz CT molecular complexity index is 288. The van der Waals surface area contributed by atoms with Gasteiger partial charge in [0.1, 0.15) is 0 Å². The van der Waals surface area contributed by atoms with Crippen LogP contribution >= 0.6 is 0 Å². The Morgan fingerprint density at radius 1 is 1.41 bits per heavy atom. The van der Waals surface area contributed by atoms with E-state index >= 15 is 0 Å². The molecule has 1 unspecified atom stereocenters. The number of carbonyl (C=O) groups excluding carboxylic acids is 2. The average Bonchev–Trinajstić information content (AvgIpc) is 2.31. The van der Waals surface area contributed by atoms with Crippen molar-refractivity contribution < 1.29 is 24.5 Å². The zero-order valence-electron chi connectivity index (χ0n) is 9.89. The summed E-state index contributed by atoms with van der Waals surface area (Å²) < 4.78 is 4.69. The summed E-state index contributed by atoms with van der Waals surface area (Å²) in [5.74, 6) is -1.26. The molecule has 0 aromatic rings. The van der Waals surface area contributed by atoms with Crippen molar-refractivity contribution in [3.63, 3.8) is 0 Å². The van der Waals surface area contributed by atoms with Gasteiger partial charge in [-0.3, -0.25) is 4.79 Å². The number of hydrogen-bond acceptors (Lipinski definition) is 5. The summed E-state index contributed by atoms with van der Waals surface area (Å²) in [5, 5.41) is 17.3. The lowest BCUT2D eigenvalue weighted by atomic mass is 10.2. The topological polar surface area (TPSA) is 110 Å². The normalized spacial score (nSPS) is 13.2. The van der Waals surface area contributed by atoms with Gasteiger partial charge in [-0.25, -0.2) is 4.79 Å². The van der Waals surface area contributed by atoms with E-state index in [4.69, 9.17) is 15.9 Å². The van der Waals surface area contributed by atoms with Crippen LogP contribution in [0.15, 0.2) is 11.6 Å². The number of aliphatic hydroxyl groups is 2. The van der Waals surface area contributed by atoms with Crippen molar-refractivity contribution in [1.29, 1.82) is 0 Å². The first kappa shape index (κ1) is 15.6. The van der Waals surface area contributed by atoms with Crippen LogP contribution in [0.5, 0.6) is 0 Å². The number of ether oxygens (including phenoxy) is 1. The fourth-order valence-corrected chi connectivity index (χ4v) is 1.01. The number of allylic oxidation sites excluding steroid dienone is 1. The number of esters is 1. The molecule has 0 saturated heterocycles. The predicted octanol–water partition coefficient (Wildman–Crippen LogP) is -0.515. The minimum Gasteiger partial charge on any atom is -0.464 e. The first-order chi connectivity index (χ1) is 7.99. The molecular formula is C11H19NO5. The highest BCUT2D eigenvalue weighted by molar-refractivity contribution is 5.91. The molecule has 98 valence electrons. The van der Waals surface area contributed by atoms with Gasteiger partial charge in [0.25, 0.3) is 0 Å². The Kier molecular flexibility index (Phi) is 8.00. The summed E-state index contributed by atoms with van der Waals surface area (Å²) >= 11 is 0. The molecule has 0 radical (unpaired) electrons. The number of aliphatic hydroxyl groups excluding tert-OH is 2. The van der Waals surface area contributed by atoms with Crippen LogP contribution in [-0.4, -0.2) is 41.4 Å². The van der Waals surface area contributed by atoms with Crippen LogP contribution in [0.3, 0.4) is 0 Å². The summed E-state index contributed by atoms with van der Waals surface area (Å²) in [6, 6.07) is 0. The third-order valence-electron chi connectivity index (χ3n) is 2.13. The lowest BCUT2D eigenvalue weighted by molar-refractivity contribution is -0.155. The van der Waals surface area contributed by atoms with Crippen molar-refractivity contribution in [3.8, 4) is 0 Å². The van der Waals surface area contributed by atoms with E-state index in [9.17, 15) is 9.59 Å². The van der Waals surface area contributed by atoms with Crippen LogP contribution in [-0.2, 0) is 14.3 Å². The molecule has 0 heterocycles. The molecule has 0 bridgehead atoms. The maximum atomic E-state index is 10.9. The molecule has 6 heteroatoms. The van der Waals surface area contributed by atoms with Gasteiger partial charge in [0, 0.05) is 5.57 Å². The van der Waals surface area contributed by atoms with Crippen LogP contribution in [0.1, 0.15) is 26.2 Å². The second-order valence-corrected chi connectivity index (χ2v) is 3.61. The fourth-order valence-electron chi connectivity index (χ4n) is 1.01. The standard InChI is InChI=1S/C11H19NO5/c1-8(10(12)15)5-3-2-4-6-17-11(16)9(14)7-13/h5,9,13-14H,2-4,6-7H2,1H3,(H2,12,15). The van der Waals surface area contributed by atoms with Crippen LogP contribution in [0.4, 0.5) is 0 Å². The van der Waals surface area contributed by atoms with Crippen molar-refractivity contribution in [2.75, 3.05) is 13.2 Å². The molecular weight excluding hydrogens is 226 g/mol. The van der Waals surface area contributed by atoms with Gasteiger partial charge in [0.05, 0.1) is 13.2 Å². The molecule has 0 aromatic carbocycles. The van der Waals surface area contributed by atoms with E-state index in [1.807, 2.05) is 0 Å².